The quantitative estimate of drug-likeness (QED) is 0.732. The number of urea groups is 1. The largest absolute Gasteiger partial charge is 0.370 e. The molecule has 0 unspecified atom stereocenters. The van der Waals surface area contributed by atoms with E-state index in [4.69, 9.17) is 5.73 Å². The molecule has 0 fully saturated rings. The first kappa shape index (κ1) is 16.2. The van der Waals surface area contributed by atoms with Gasteiger partial charge in [-0.15, -0.1) is 0 Å². The highest BCUT2D eigenvalue weighted by molar-refractivity contribution is 5.88. The van der Waals surface area contributed by atoms with Gasteiger partial charge in [0.15, 0.2) is 0 Å². The molecule has 7 heteroatoms. The number of hydrogen-bond donors (Lipinski definition) is 3. The fourth-order valence-corrected chi connectivity index (χ4v) is 2.63. The summed E-state index contributed by atoms with van der Waals surface area (Å²) in [5.74, 6) is -0.181. The van der Waals surface area contributed by atoms with E-state index in [0.717, 1.165) is 36.9 Å². The number of nitrogens with one attached hydrogen (secondary N) is 2. The maximum Gasteiger partial charge on any atom is 0.322 e. The number of amides is 3. The van der Waals surface area contributed by atoms with Crippen LogP contribution in [0.3, 0.4) is 0 Å². The van der Waals surface area contributed by atoms with Crippen LogP contribution in [0, 0.1) is 0 Å². The third-order valence-electron chi connectivity index (χ3n) is 3.61. The van der Waals surface area contributed by atoms with Crippen molar-refractivity contribution >= 4 is 17.9 Å². The highest BCUT2D eigenvalue weighted by Gasteiger charge is 2.23. The van der Waals surface area contributed by atoms with E-state index < -0.39 is 17.5 Å². The van der Waals surface area contributed by atoms with Crippen LogP contribution in [-0.2, 0) is 17.6 Å². The average molecular weight is 305 g/mol. The van der Waals surface area contributed by atoms with Crippen LogP contribution in [-0.4, -0.2) is 27.4 Å². The van der Waals surface area contributed by atoms with E-state index in [-0.39, 0.29) is 12.4 Å². The summed E-state index contributed by atoms with van der Waals surface area (Å²) >= 11 is 0. The number of hydrogen-bond acceptors (Lipinski definition) is 4. The van der Waals surface area contributed by atoms with Gasteiger partial charge in [0.1, 0.15) is 0 Å². The Morgan fingerprint density at radius 2 is 2.00 bits per heavy atom. The SMILES string of the molecule is CC(C)(CC(N)=O)NC(=O)Nc1ncc2c(n1)CCCCC2. The average Bonchev–Trinajstić information content (AvgIpc) is 2.60. The molecule has 0 atom stereocenters. The van der Waals surface area contributed by atoms with Gasteiger partial charge in [-0.1, -0.05) is 6.42 Å². The molecule has 7 nitrogen and oxygen atoms in total. The van der Waals surface area contributed by atoms with Gasteiger partial charge >= 0.3 is 6.03 Å². The molecule has 4 N–H and O–H groups in total. The molecular weight excluding hydrogens is 282 g/mol. The van der Waals surface area contributed by atoms with Crippen molar-refractivity contribution in [2.75, 3.05) is 5.32 Å². The molecule has 1 aliphatic carbocycles. The van der Waals surface area contributed by atoms with Crippen molar-refractivity contribution in [3.63, 3.8) is 0 Å². The molecule has 1 aliphatic rings. The maximum atomic E-state index is 12.0. The van der Waals surface area contributed by atoms with Gasteiger partial charge in [0.2, 0.25) is 11.9 Å². The molecule has 0 aliphatic heterocycles. The Bertz CT molecular complexity index is 571. The lowest BCUT2D eigenvalue weighted by atomic mass is 10.0. The highest BCUT2D eigenvalue weighted by Crippen LogP contribution is 2.19. The highest BCUT2D eigenvalue weighted by atomic mass is 16.2. The van der Waals surface area contributed by atoms with Crippen molar-refractivity contribution in [1.29, 1.82) is 0 Å². The molecule has 0 bridgehead atoms. The van der Waals surface area contributed by atoms with Gasteiger partial charge < -0.3 is 11.1 Å². The molecule has 120 valence electrons. The van der Waals surface area contributed by atoms with Gasteiger partial charge in [-0.3, -0.25) is 10.1 Å². The Morgan fingerprint density at radius 3 is 2.73 bits per heavy atom. The first-order valence-electron chi connectivity index (χ1n) is 7.58. The van der Waals surface area contributed by atoms with Crippen LogP contribution in [0.5, 0.6) is 0 Å². The van der Waals surface area contributed by atoms with E-state index >= 15 is 0 Å². The number of carbonyl (C=O) groups excluding carboxylic acids is 2. The summed E-state index contributed by atoms with van der Waals surface area (Å²) in [5, 5.41) is 5.32. The first-order valence-corrected chi connectivity index (χ1v) is 7.58. The number of primary amides is 1. The molecule has 3 amide bonds. The van der Waals surface area contributed by atoms with Gasteiger partial charge in [0, 0.05) is 23.9 Å². The van der Waals surface area contributed by atoms with E-state index in [1.807, 2.05) is 0 Å². The van der Waals surface area contributed by atoms with Gasteiger partial charge in [-0.2, -0.15) is 0 Å². The van der Waals surface area contributed by atoms with Crippen LogP contribution >= 0.6 is 0 Å². The number of nitrogens with zero attached hydrogens (tertiary/aromatic N) is 2. The van der Waals surface area contributed by atoms with Crippen LogP contribution in [0.4, 0.5) is 10.7 Å². The maximum absolute atomic E-state index is 12.0. The van der Waals surface area contributed by atoms with Crippen LogP contribution < -0.4 is 16.4 Å². The number of anilines is 1. The molecule has 1 aromatic heterocycles. The Labute approximate surface area is 130 Å². The Kier molecular flexibility index (Phi) is 4.95. The Morgan fingerprint density at radius 1 is 1.27 bits per heavy atom. The topological polar surface area (TPSA) is 110 Å². The summed E-state index contributed by atoms with van der Waals surface area (Å²) in [6.07, 6.45) is 7.23. The molecular formula is C15H23N5O2. The Hall–Kier alpha value is -2.18. The normalized spacial score (nSPS) is 14.6. The van der Waals surface area contributed by atoms with Gasteiger partial charge in [-0.25, -0.2) is 14.8 Å². The second-order valence-corrected chi connectivity index (χ2v) is 6.33. The van der Waals surface area contributed by atoms with Gasteiger partial charge in [0.05, 0.1) is 0 Å². The monoisotopic (exact) mass is 305 g/mol. The van der Waals surface area contributed by atoms with Crippen molar-refractivity contribution in [3.8, 4) is 0 Å². The van der Waals surface area contributed by atoms with Crippen molar-refractivity contribution < 1.29 is 9.59 Å². The van der Waals surface area contributed by atoms with E-state index in [9.17, 15) is 9.59 Å². The number of aromatic nitrogens is 2. The summed E-state index contributed by atoms with van der Waals surface area (Å²) in [6.45, 7) is 3.46. The number of nitrogens with two attached hydrogens (primary N) is 1. The smallest absolute Gasteiger partial charge is 0.322 e. The van der Waals surface area contributed by atoms with E-state index in [2.05, 4.69) is 20.6 Å². The molecule has 0 saturated heterocycles. The summed E-state index contributed by atoms with van der Waals surface area (Å²) in [6, 6.07) is -0.445. The standard InChI is InChI=1S/C15H23N5O2/c1-15(2,8-12(16)21)20-14(22)19-13-17-9-10-6-4-3-5-7-11(10)18-13/h9H,3-8H2,1-2H3,(H2,16,21)(H2,17,18,19,20,22). The van der Waals surface area contributed by atoms with Crippen molar-refractivity contribution in [3.05, 3.63) is 17.5 Å². The van der Waals surface area contributed by atoms with Gasteiger partial charge in [-0.05, 0) is 45.1 Å². The molecule has 22 heavy (non-hydrogen) atoms. The molecule has 0 saturated carbocycles. The van der Waals surface area contributed by atoms with E-state index in [1.54, 1.807) is 20.0 Å². The van der Waals surface area contributed by atoms with E-state index in [0.29, 0.717) is 0 Å². The molecule has 0 spiro atoms. The van der Waals surface area contributed by atoms with Crippen molar-refractivity contribution in [2.24, 2.45) is 5.73 Å². The predicted octanol–water partition coefficient (Wildman–Crippen LogP) is 1.52. The van der Waals surface area contributed by atoms with Crippen LogP contribution in [0.15, 0.2) is 6.20 Å². The zero-order chi connectivity index (χ0) is 16.2. The third kappa shape index (κ3) is 4.68. The summed E-state index contributed by atoms with van der Waals surface area (Å²) in [5.41, 5.74) is 6.62. The number of carbonyl (C=O) groups is 2. The van der Waals surface area contributed by atoms with Gasteiger partial charge in [0.25, 0.3) is 0 Å². The number of fused-ring (bicyclic) bond motifs is 1. The second kappa shape index (κ2) is 6.72. The van der Waals surface area contributed by atoms with Crippen molar-refractivity contribution in [1.82, 2.24) is 15.3 Å². The fourth-order valence-electron chi connectivity index (χ4n) is 2.63. The minimum atomic E-state index is -0.721. The Balaban J connectivity index is 2.00. The third-order valence-corrected chi connectivity index (χ3v) is 3.61. The molecule has 0 radical (unpaired) electrons. The molecule has 1 heterocycles. The molecule has 1 aromatic rings. The van der Waals surface area contributed by atoms with Crippen molar-refractivity contribution in [2.45, 2.75) is 57.9 Å². The van der Waals surface area contributed by atoms with Crippen LogP contribution in [0.2, 0.25) is 0 Å². The zero-order valence-corrected chi connectivity index (χ0v) is 13.1. The lowest BCUT2D eigenvalue weighted by Crippen LogP contribution is -2.48. The fraction of sp³-hybridized carbons (Fsp3) is 0.600. The lowest BCUT2D eigenvalue weighted by Gasteiger charge is -2.24. The number of aryl methyl sites for hydroxylation is 2. The second-order valence-electron chi connectivity index (χ2n) is 6.33. The molecule has 0 aromatic carbocycles. The zero-order valence-electron chi connectivity index (χ0n) is 13.1. The first-order chi connectivity index (χ1) is 10.4. The van der Waals surface area contributed by atoms with Crippen LogP contribution in [0.25, 0.3) is 0 Å². The molecule has 2 rings (SSSR count). The minimum Gasteiger partial charge on any atom is -0.370 e. The summed E-state index contributed by atoms with van der Waals surface area (Å²) in [7, 11) is 0. The van der Waals surface area contributed by atoms with E-state index in [1.165, 1.54) is 6.42 Å². The van der Waals surface area contributed by atoms with Crippen LogP contribution in [0.1, 0.15) is 50.8 Å². The summed E-state index contributed by atoms with van der Waals surface area (Å²) < 4.78 is 0. The summed E-state index contributed by atoms with van der Waals surface area (Å²) in [4.78, 5) is 31.6. The minimum absolute atomic E-state index is 0.0610. The predicted molar refractivity (Wildman–Crippen MR) is 83.3 cm³/mol. The number of rotatable bonds is 4. The lowest BCUT2D eigenvalue weighted by molar-refractivity contribution is -0.119.